The van der Waals surface area contributed by atoms with Crippen molar-refractivity contribution in [2.45, 2.75) is 74.1 Å². The summed E-state index contributed by atoms with van der Waals surface area (Å²) in [5, 5.41) is 17.4. The molecule has 2 aromatic rings. The van der Waals surface area contributed by atoms with Gasteiger partial charge in [0.25, 0.3) is 10.0 Å². The lowest BCUT2D eigenvalue weighted by Gasteiger charge is -2.31. The molecule has 0 aromatic heterocycles. The predicted octanol–water partition coefficient (Wildman–Crippen LogP) is 1.97. The number of aliphatic hydroxyl groups is 1. The molecule has 5 atom stereocenters. The lowest BCUT2D eigenvalue weighted by atomic mass is 10.0. The van der Waals surface area contributed by atoms with Crippen LogP contribution in [-0.2, 0) is 45.5 Å². The first-order chi connectivity index (χ1) is 22.5. The summed E-state index contributed by atoms with van der Waals surface area (Å²) in [6, 6.07) is 14.4. The Morgan fingerprint density at radius 2 is 1.79 bits per heavy atom. The zero-order valence-electron chi connectivity index (χ0n) is 26.3. The Labute approximate surface area is 276 Å². The quantitative estimate of drug-likeness (QED) is 0.149. The van der Waals surface area contributed by atoms with E-state index in [0.29, 0.717) is 31.6 Å². The van der Waals surface area contributed by atoms with Gasteiger partial charge in [-0.3, -0.25) is 4.84 Å². The minimum atomic E-state index is -4.30. The van der Waals surface area contributed by atoms with Crippen LogP contribution in [0.4, 0.5) is 10.5 Å². The smallest absolute Gasteiger partial charge is 0.407 e. The Balaban J connectivity index is 1.32. The number of fused-ring (bicyclic) bond motifs is 1. The van der Waals surface area contributed by atoms with E-state index in [0.717, 1.165) is 29.1 Å². The second-order valence-electron chi connectivity index (χ2n) is 12.1. The van der Waals surface area contributed by atoms with Gasteiger partial charge in [0.1, 0.15) is 6.10 Å². The summed E-state index contributed by atoms with van der Waals surface area (Å²) in [5.74, 6) is -0.0695. The van der Waals surface area contributed by atoms with Crippen molar-refractivity contribution in [3.8, 4) is 0 Å². The summed E-state index contributed by atoms with van der Waals surface area (Å²) < 4.78 is 70.8. The van der Waals surface area contributed by atoms with Gasteiger partial charge in [-0.05, 0) is 49.4 Å². The van der Waals surface area contributed by atoms with Crippen LogP contribution in [-0.4, -0.2) is 102 Å². The largest absolute Gasteiger partial charge is 0.443 e. The summed E-state index contributed by atoms with van der Waals surface area (Å²) in [6.45, 7) is 0.606. The lowest BCUT2D eigenvalue weighted by molar-refractivity contribution is -0.145. The first-order valence-electron chi connectivity index (χ1n) is 15.9. The number of hydroxylamine groups is 1. The molecular formula is C31H44N4O10S2. The molecule has 0 radical (unpaired) electrons. The zero-order chi connectivity index (χ0) is 33.4. The molecular weight excluding hydrogens is 652 g/mol. The average Bonchev–Trinajstić information content (AvgIpc) is 3.80. The standard InChI is InChI=1S/C31H44N4O10S2/c1-46(38,39)33-16-15-32-23-10-7-13-25(19-23)47(40,41)35(45-24-11-5-6-12-24)20-28(36)27(18-22-8-3-2-4-9-22)34-31(37)44-29-21-43-30-26(29)14-17-42-30/h2-4,7-10,13,19,24,26-30,32-33,36H,5-6,11-12,14-18,20-21H2,1H3,(H,34,37)/t26?,27-,28+,29+,30?/m0/s1. The molecule has 16 heteroatoms. The molecule has 2 aromatic carbocycles. The van der Waals surface area contributed by atoms with E-state index in [1.165, 1.54) is 12.1 Å². The van der Waals surface area contributed by atoms with Crippen LogP contribution in [0.15, 0.2) is 59.5 Å². The molecule has 2 aliphatic heterocycles. The second-order valence-corrected chi connectivity index (χ2v) is 15.8. The van der Waals surface area contributed by atoms with Crippen molar-refractivity contribution >= 4 is 31.8 Å². The number of hydrogen-bond acceptors (Lipinski definition) is 11. The van der Waals surface area contributed by atoms with E-state index in [4.69, 9.17) is 19.0 Å². The van der Waals surface area contributed by atoms with E-state index in [1.54, 1.807) is 12.1 Å². The predicted molar refractivity (Wildman–Crippen MR) is 172 cm³/mol. The van der Waals surface area contributed by atoms with E-state index >= 15 is 0 Å². The molecule has 2 saturated heterocycles. The molecule has 0 spiro atoms. The maximum Gasteiger partial charge on any atom is 0.407 e. The molecule has 2 unspecified atom stereocenters. The van der Waals surface area contributed by atoms with Gasteiger partial charge in [-0.25, -0.2) is 26.4 Å². The molecule has 3 aliphatic rings. The molecule has 0 bridgehead atoms. The fourth-order valence-corrected chi connectivity index (χ4v) is 7.81. The summed E-state index contributed by atoms with van der Waals surface area (Å²) in [4.78, 5) is 19.1. The zero-order valence-corrected chi connectivity index (χ0v) is 28.0. The van der Waals surface area contributed by atoms with Gasteiger partial charge < -0.3 is 30.0 Å². The van der Waals surface area contributed by atoms with Crippen LogP contribution in [0.3, 0.4) is 0 Å². The first kappa shape index (κ1) is 35.5. The molecule has 4 N–H and O–H groups in total. The number of carbonyl (C=O) groups excluding carboxylic acids is 1. The van der Waals surface area contributed by atoms with Crippen LogP contribution in [0.1, 0.15) is 37.7 Å². The van der Waals surface area contributed by atoms with Crippen LogP contribution in [0.5, 0.6) is 0 Å². The monoisotopic (exact) mass is 696 g/mol. The molecule has 1 aliphatic carbocycles. The third-order valence-corrected chi connectivity index (χ3v) is 10.8. The maximum absolute atomic E-state index is 14.0. The summed E-state index contributed by atoms with van der Waals surface area (Å²) in [5.41, 5.74) is 1.28. The van der Waals surface area contributed by atoms with E-state index < -0.39 is 57.2 Å². The SMILES string of the molecule is CS(=O)(=O)NCCNc1cccc(S(=O)(=O)N(C[C@@H](O)[C@H](Cc2ccccc2)NC(=O)O[C@@H]2COC3OCCC32)OC2CCCC2)c1. The highest BCUT2D eigenvalue weighted by atomic mass is 32.2. The van der Waals surface area contributed by atoms with Gasteiger partial charge in [0.05, 0.1) is 55.1 Å². The van der Waals surface area contributed by atoms with Gasteiger partial charge in [0.2, 0.25) is 10.0 Å². The number of rotatable bonds is 16. The Bertz CT molecular complexity index is 1540. The Morgan fingerprint density at radius 1 is 1.02 bits per heavy atom. The Kier molecular flexibility index (Phi) is 12.1. The maximum atomic E-state index is 14.0. The van der Waals surface area contributed by atoms with Crippen molar-refractivity contribution in [1.29, 1.82) is 0 Å². The van der Waals surface area contributed by atoms with Crippen molar-refractivity contribution in [3.63, 3.8) is 0 Å². The highest BCUT2D eigenvalue weighted by Gasteiger charge is 2.44. The molecule has 3 fully saturated rings. The number of nitrogens with one attached hydrogen (secondary N) is 3. The van der Waals surface area contributed by atoms with Crippen molar-refractivity contribution in [2.24, 2.45) is 5.92 Å². The number of amides is 1. The molecule has 1 amide bonds. The molecule has 1 saturated carbocycles. The highest BCUT2D eigenvalue weighted by molar-refractivity contribution is 7.89. The third kappa shape index (κ3) is 10.1. The normalized spacial score (nSPS) is 23.0. The van der Waals surface area contributed by atoms with Gasteiger partial charge in [0.15, 0.2) is 6.29 Å². The molecule has 5 rings (SSSR count). The van der Waals surface area contributed by atoms with Crippen LogP contribution in [0.2, 0.25) is 0 Å². The van der Waals surface area contributed by atoms with Gasteiger partial charge >= 0.3 is 6.09 Å². The van der Waals surface area contributed by atoms with Crippen molar-refractivity contribution < 1.29 is 45.8 Å². The van der Waals surface area contributed by atoms with E-state index in [9.17, 15) is 26.7 Å². The number of nitrogens with zero attached hydrogens (tertiary/aromatic N) is 1. The van der Waals surface area contributed by atoms with Crippen LogP contribution in [0.25, 0.3) is 0 Å². The number of alkyl carbamates (subject to hydrolysis) is 1. The van der Waals surface area contributed by atoms with Crippen LogP contribution in [0, 0.1) is 5.92 Å². The number of ether oxygens (including phenoxy) is 3. The topological polar surface area (TPSA) is 182 Å². The molecule has 47 heavy (non-hydrogen) atoms. The average molecular weight is 697 g/mol. The minimum Gasteiger partial charge on any atom is -0.443 e. The minimum absolute atomic E-state index is 0.0695. The number of anilines is 1. The van der Waals surface area contributed by atoms with Gasteiger partial charge in [-0.1, -0.05) is 53.7 Å². The summed E-state index contributed by atoms with van der Waals surface area (Å²) >= 11 is 0. The van der Waals surface area contributed by atoms with Gasteiger partial charge in [0, 0.05) is 18.8 Å². The number of sulfonamides is 2. The second kappa shape index (κ2) is 16.0. The first-order valence-corrected chi connectivity index (χ1v) is 19.2. The third-order valence-electron chi connectivity index (χ3n) is 8.43. The van der Waals surface area contributed by atoms with Crippen molar-refractivity contribution in [2.75, 3.05) is 44.4 Å². The number of benzene rings is 2. The molecule has 2 heterocycles. The fraction of sp³-hybridized carbons (Fsp3) is 0.581. The Morgan fingerprint density at radius 3 is 2.53 bits per heavy atom. The molecule has 260 valence electrons. The fourth-order valence-electron chi connectivity index (χ4n) is 5.99. The van der Waals surface area contributed by atoms with Crippen molar-refractivity contribution in [1.82, 2.24) is 14.5 Å². The summed E-state index contributed by atoms with van der Waals surface area (Å²) in [6.07, 6.45) is 1.71. The van der Waals surface area contributed by atoms with E-state index in [1.807, 2.05) is 30.3 Å². The number of aliphatic hydroxyl groups excluding tert-OH is 1. The van der Waals surface area contributed by atoms with Gasteiger partial charge in [-0.2, -0.15) is 0 Å². The lowest BCUT2D eigenvalue weighted by Crippen LogP contribution is -2.51. The summed E-state index contributed by atoms with van der Waals surface area (Å²) in [7, 11) is -7.66. The Hall–Kier alpha value is -2.83. The van der Waals surface area contributed by atoms with Crippen LogP contribution >= 0.6 is 0 Å². The number of hydrogen-bond donors (Lipinski definition) is 4. The highest BCUT2D eigenvalue weighted by Crippen LogP contribution is 2.33. The van der Waals surface area contributed by atoms with Crippen LogP contribution < -0.4 is 15.4 Å². The molecule has 14 nitrogen and oxygen atoms in total. The van der Waals surface area contributed by atoms with E-state index in [2.05, 4.69) is 15.4 Å². The van der Waals surface area contributed by atoms with E-state index in [-0.39, 0.29) is 43.0 Å². The number of carbonyl (C=O) groups is 1. The van der Waals surface area contributed by atoms with Gasteiger partial charge in [-0.15, -0.1) is 0 Å². The van der Waals surface area contributed by atoms with Crippen molar-refractivity contribution in [3.05, 3.63) is 60.2 Å².